The Bertz CT molecular complexity index is 582. The molecule has 0 aromatic heterocycles. The lowest BCUT2D eigenvalue weighted by molar-refractivity contribution is 0.377. The number of ether oxygens (including phenoxy) is 1. The van der Waals surface area contributed by atoms with Crippen LogP contribution in [0.4, 0.5) is 14.5 Å². The van der Waals surface area contributed by atoms with Gasteiger partial charge in [0.25, 0.3) is 0 Å². The molecule has 0 aliphatic heterocycles. The second kappa shape index (κ2) is 6.36. The van der Waals surface area contributed by atoms with E-state index in [0.29, 0.717) is 22.9 Å². The van der Waals surface area contributed by atoms with Crippen molar-refractivity contribution in [2.24, 2.45) is 0 Å². The van der Waals surface area contributed by atoms with Gasteiger partial charge in [0.1, 0.15) is 0 Å². The summed E-state index contributed by atoms with van der Waals surface area (Å²) in [5, 5.41) is 1.14. The number of hydrogen-bond donors (Lipinski definition) is 1. The minimum absolute atomic E-state index is 0.0585. The minimum atomic E-state index is -0.959. The summed E-state index contributed by atoms with van der Waals surface area (Å²) in [4.78, 5) is 0. The molecule has 0 unspecified atom stereocenters. The summed E-state index contributed by atoms with van der Waals surface area (Å²) in [5.41, 5.74) is 7.10. The molecule has 19 heavy (non-hydrogen) atoms. The zero-order valence-corrected chi connectivity index (χ0v) is 11.7. The number of anilines is 1. The Hall–Kier alpha value is -1.84. The van der Waals surface area contributed by atoms with Crippen molar-refractivity contribution < 1.29 is 13.5 Å². The lowest BCUT2D eigenvalue weighted by atomic mass is 10.00. The average molecular weight is 267 g/mol. The summed E-state index contributed by atoms with van der Waals surface area (Å²) < 4.78 is 32.0. The van der Waals surface area contributed by atoms with Gasteiger partial charge in [-0.05, 0) is 35.6 Å². The molecule has 104 valence electrons. The third-order valence-electron chi connectivity index (χ3n) is 2.78. The molecule has 0 fully saturated rings. The predicted octanol–water partition coefficient (Wildman–Crippen LogP) is 4.30. The molecule has 0 saturated carbocycles. The van der Waals surface area contributed by atoms with Crippen LogP contribution in [0, 0.1) is 11.6 Å². The number of hydrogen-bond acceptors (Lipinski definition) is 2. The number of aryl methyl sites for hydroxylation is 1. The maximum Gasteiger partial charge on any atom is 0.201 e. The van der Waals surface area contributed by atoms with E-state index in [1.54, 1.807) is 12.1 Å². The van der Waals surface area contributed by atoms with E-state index < -0.39 is 11.6 Å². The maximum atomic E-state index is 13.6. The number of rotatable bonds is 2. The van der Waals surface area contributed by atoms with Gasteiger partial charge < -0.3 is 10.5 Å². The molecular formula is C15H19F2NO. The fourth-order valence-electron chi connectivity index (χ4n) is 2.03. The molecule has 2 aromatic rings. The standard InChI is InChI=1S/C13H13F2NO.C2H6/c1-3-7-4-9(16)5-8-6-10(14)12(15)13(17-2)11(7)8;1-2/h4-6H,3,16H2,1-2H3;1-2H3. The fourth-order valence-corrected chi connectivity index (χ4v) is 2.03. The SMILES string of the molecule is CC.CCc1cc(N)cc2cc(F)c(F)c(OC)c12. The van der Waals surface area contributed by atoms with Gasteiger partial charge in [0.2, 0.25) is 5.82 Å². The number of benzene rings is 2. The molecule has 0 atom stereocenters. The molecule has 0 amide bonds. The molecule has 2 nitrogen and oxygen atoms in total. The monoisotopic (exact) mass is 267 g/mol. The third kappa shape index (κ3) is 2.78. The first-order chi connectivity index (χ1) is 9.08. The molecule has 0 heterocycles. The fraction of sp³-hybridized carbons (Fsp3) is 0.333. The first-order valence-corrected chi connectivity index (χ1v) is 6.32. The zero-order chi connectivity index (χ0) is 14.6. The molecule has 0 bridgehead atoms. The first kappa shape index (κ1) is 15.2. The highest BCUT2D eigenvalue weighted by Gasteiger charge is 2.16. The Morgan fingerprint density at radius 1 is 1.16 bits per heavy atom. The van der Waals surface area contributed by atoms with Gasteiger partial charge in [-0.1, -0.05) is 20.8 Å². The first-order valence-electron chi connectivity index (χ1n) is 6.32. The summed E-state index contributed by atoms with van der Waals surface area (Å²) >= 11 is 0. The van der Waals surface area contributed by atoms with Crippen molar-refractivity contribution in [2.45, 2.75) is 27.2 Å². The second-order valence-corrected chi connectivity index (χ2v) is 3.84. The van der Waals surface area contributed by atoms with E-state index >= 15 is 0 Å². The van der Waals surface area contributed by atoms with Gasteiger partial charge >= 0.3 is 0 Å². The van der Waals surface area contributed by atoms with Crippen LogP contribution < -0.4 is 10.5 Å². The molecule has 0 radical (unpaired) electrons. The van der Waals surface area contributed by atoms with Crippen LogP contribution >= 0.6 is 0 Å². The van der Waals surface area contributed by atoms with Gasteiger partial charge in [0.05, 0.1) is 7.11 Å². The van der Waals surface area contributed by atoms with E-state index in [1.807, 2.05) is 20.8 Å². The highest BCUT2D eigenvalue weighted by atomic mass is 19.2. The van der Waals surface area contributed by atoms with Crippen molar-refractivity contribution in [2.75, 3.05) is 12.8 Å². The van der Waals surface area contributed by atoms with Crippen LogP contribution in [0.15, 0.2) is 18.2 Å². The number of fused-ring (bicyclic) bond motifs is 1. The van der Waals surface area contributed by atoms with E-state index in [0.717, 1.165) is 11.6 Å². The van der Waals surface area contributed by atoms with E-state index in [-0.39, 0.29) is 5.75 Å². The van der Waals surface area contributed by atoms with Crippen LogP contribution in [0.5, 0.6) is 5.75 Å². The van der Waals surface area contributed by atoms with Gasteiger partial charge in [-0.15, -0.1) is 0 Å². The summed E-state index contributed by atoms with van der Waals surface area (Å²) in [6.07, 6.45) is 0.670. The van der Waals surface area contributed by atoms with Gasteiger partial charge in [0, 0.05) is 11.1 Å². The number of nitrogen functional groups attached to an aromatic ring is 1. The number of methoxy groups -OCH3 is 1. The van der Waals surface area contributed by atoms with Gasteiger partial charge in [-0.3, -0.25) is 0 Å². The maximum absolute atomic E-state index is 13.6. The molecule has 0 saturated heterocycles. The van der Waals surface area contributed by atoms with Crippen molar-refractivity contribution >= 4 is 16.5 Å². The summed E-state index contributed by atoms with van der Waals surface area (Å²) in [7, 11) is 1.33. The van der Waals surface area contributed by atoms with Crippen LogP contribution in [0.25, 0.3) is 10.8 Å². The Morgan fingerprint density at radius 2 is 1.79 bits per heavy atom. The van der Waals surface area contributed by atoms with Crippen LogP contribution in [0.1, 0.15) is 26.3 Å². The van der Waals surface area contributed by atoms with E-state index in [2.05, 4.69) is 0 Å². The normalized spacial score (nSPS) is 10.0. The number of nitrogens with two attached hydrogens (primary N) is 1. The molecule has 0 aliphatic rings. The highest BCUT2D eigenvalue weighted by molar-refractivity contribution is 5.94. The highest BCUT2D eigenvalue weighted by Crippen LogP contribution is 2.35. The van der Waals surface area contributed by atoms with Crippen LogP contribution in [0.2, 0.25) is 0 Å². The number of halogens is 2. The van der Waals surface area contributed by atoms with E-state index in [9.17, 15) is 8.78 Å². The largest absolute Gasteiger partial charge is 0.493 e. The summed E-state index contributed by atoms with van der Waals surface area (Å²) in [6, 6.07) is 4.50. The second-order valence-electron chi connectivity index (χ2n) is 3.84. The molecule has 0 aliphatic carbocycles. The predicted molar refractivity (Wildman–Crippen MR) is 75.6 cm³/mol. The van der Waals surface area contributed by atoms with Gasteiger partial charge in [-0.25, -0.2) is 4.39 Å². The third-order valence-corrected chi connectivity index (χ3v) is 2.78. The minimum Gasteiger partial charge on any atom is -0.493 e. The smallest absolute Gasteiger partial charge is 0.201 e. The summed E-state index contributed by atoms with van der Waals surface area (Å²) in [6.45, 7) is 5.93. The average Bonchev–Trinajstić information content (AvgIpc) is 2.42. The Kier molecular flexibility index (Phi) is 5.10. The van der Waals surface area contributed by atoms with Gasteiger partial charge in [0.15, 0.2) is 11.6 Å². The molecule has 2 N–H and O–H groups in total. The van der Waals surface area contributed by atoms with E-state index in [1.165, 1.54) is 7.11 Å². The Morgan fingerprint density at radius 3 is 2.32 bits per heavy atom. The lowest BCUT2D eigenvalue weighted by Crippen LogP contribution is -1.98. The van der Waals surface area contributed by atoms with Crippen molar-refractivity contribution in [1.82, 2.24) is 0 Å². The van der Waals surface area contributed by atoms with Crippen molar-refractivity contribution in [3.05, 3.63) is 35.4 Å². The molecule has 4 heteroatoms. The van der Waals surface area contributed by atoms with Crippen LogP contribution in [-0.2, 0) is 6.42 Å². The van der Waals surface area contributed by atoms with Crippen LogP contribution in [-0.4, -0.2) is 7.11 Å². The van der Waals surface area contributed by atoms with Crippen molar-refractivity contribution in [3.8, 4) is 5.75 Å². The van der Waals surface area contributed by atoms with Crippen molar-refractivity contribution in [1.29, 1.82) is 0 Å². The lowest BCUT2D eigenvalue weighted by Gasteiger charge is -2.12. The van der Waals surface area contributed by atoms with Crippen molar-refractivity contribution in [3.63, 3.8) is 0 Å². The molecular weight excluding hydrogens is 248 g/mol. The quantitative estimate of drug-likeness (QED) is 0.823. The Balaban J connectivity index is 0.000000861. The molecule has 0 spiro atoms. The topological polar surface area (TPSA) is 35.2 Å². The van der Waals surface area contributed by atoms with Crippen LogP contribution in [0.3, 0.4) is 0 Å². The Labute approximate surface area is 112 Å². The molecule has 2 rings (SSSR count). The van der Waals surface area contributed by atoms with Gasteiger partial charge in [-0.2, -0.15) is 4.39 Å². The zero-order valence-electron chi connectivity index (χ0n) is 11.7. The summed E-state index contributed by atoms with van der Waals surface area (Å²) in [5.74, 6) is -1.95. The van der Waals surface area contributed by atoms with E-state index in [4.69, 9.17) is 10.5 Å². The molecule has 2 aromatic carbocycles.